The Morgan fingerprint density at radius 1 is 1.33 bits per heavy atom. The van der Waals surface area contributed by atoms with Gasteiger partial charge in [-0.2, -0.15) is 0 Å². The van der Waals surface area contributed by atoms with Gasteiger partial charge in [-0.15, -0.1) is 11.3 Å². The normalized spacial score (nSPS) is 12.4. The van der Waals surface area contributed by atoms with Crippen molar-refractivity contribution in [1.82, 2.24) is 0 Å². The first kappa shape index (κ1) is 13.1. The van der Waals surface area contributed by atoms with Crippen molar-refractivity contribution >= 4 is 11.3 Å². The molecule has 2 rings (SSSR count). The van der Waals surface area contributed by atoms with Gasteiger partial charge in [0.25, 0.3) is 0 Å². The second-order valence-electron chi connectivity index (χ2n) is 4.08. The molecule has 2 aromatic rings. The van der Waals surface area contributed by atoms with Crippen LogP contribution in [0.2, 0.25) is 0 Å². The standard InChI is InChI=1S/C14H16FNOS/c1-17-13-6-2-5-11(15)14(13)12(16)8-7-10-4-3-9-18-10/h2-6,9,12H,7-8,16H2,1H3. The van der Waals surface area contributed by atoms with Crippen LogP contribution in [-0.2, 0) is 6.42 Å². The quantitative estimate of drug-likeness (QED) is 0.897. The summed E-state index contributed by atoms with van der Waals surface area (Å²) in [6.07, 6.45) is 1.56. The Labute approximate surface area is 110 Å². The molecule has 2 N–H and O–H groups in total. The molecule has 0 fully saturated rings. The van der Waals surface area contributed by atoms with E-state index < -0.39 is 0 Å². The third kappa shape index (κ3) is 2.89. The second-order valence-corrected chi connectivity index (χ2v) is 5.11. The Morgan fingerprint density at radius 2 is 2.17 bits per heavy atom. The molecule has 1 aromatic carbocycles. The summed E-state index contributed by atoms with van der Waals surface area (Å²) in [6.45, 7) is 0. The Hall–Kier alpha value is -1.39. The molecule has 4 heteroatoms. The number of hydrogen-bond acceptors (Lipinski definition) is 3. The third-order valence-corrected chi connectivity index (χ3v) is 3.82. The van der Waals surface area contributed by atoms with Crippen LogP contribution >= 0.6 is 11.3 Å². The minimum atomic E-state index is -0.344. The SMILES string of the molecule is COc1cccc(F)c1C(N)CCc1cccs1. The lowest BCUT2D eigenvalue weighted by molar-refractivity contribution is 0.397. The zero-order valence-corrected chi connectivity index (χ0v) is 11.0. The highest BCUT2D eigenvalue weighted by atomic mass is 32.1. The predicted molar refractivity (Wildman–Crippen MR) is 72.5 cm³/mol. The molecule has 0 aliphatic heterocycles. The minimum Gasteiger partial charge on any atom is -0.496 e. The van der Waals surface area contributed by atoms with E-state index in [0.717, 1.165) is 6.42 Å². The number of aryl methyl sites for hydroxylation is 1. The van der Waals surface area contributed by atoms with E-state index in [2.05, 4.69) is 6.07 Å². The lowest BCUT2D eigenvalue weighted by Gasteiger charge is -2.16. The summed E-state index contributed by atoms with van der Waals surface area (Å²) >= 11 is 1.69. The number of nitrogens with two attached hydrogens (primary N) is 1. The van der Waals surface area contributed by atoms with E-state index >= 15 is 0 Å². The van der Waals surface area contributed by atoms with Crippen molar-refractivity contribution < 1.29 is 9.13 Å². The molecular weight excluding hydrogens is 249 g/mol. The molecular formula is C14H16FNOS. The highest BCUT2D eigenvalue weighted by molar-refractivity contribution is 7.09. The smallest absolute Gasteiger partial charge is 0.131 e. The molecule has 2 nitrogen and oxygen atoms in total. The first-order chi connectivity index (χ1) is 8.72. The van der Waals surface area contributed by atoms with Crippen LogP contribution in [0.3, 0.4) is 0 Å². The van der Waals surface area contributed by atoms with Crippen molar-refractivity contribution in [3.8, 4) is 5.75 Å². The van der Waals surface area contributed by atoms with Crippen molar-refractivity contribution in [3.63, 3.8) is 0 Å². The average Bonchev–Trinajstić information content (AvgIpc) is 2.88. The highest BCUT2D eigenvalue weighted by Crippen LogP contribution is 2.29. The Bertz CT molecular complexity index is 499. The van der Waals surface area contributed by atoms with Gasteiger partial charge in [-0.3, -0.25) is 0 Å². The van der Waals surface area contributed by atoms with Crippen LogP contribution in [0.15, 0.2) is 35.7 Å². The van der Waals surface area contributed by atoms with Crippen LogP contribution in [0, 0.1) is 5.82 Å². The topological polar surface area (TPSA) is 35.2 Å². The molecule has 0 aliphatic carbocycles. The first-order valence-corrected chi connectivity index (χ1v) is 6.70. The fourth-order valence-electron chi connectivity index (χ4n) is 1.95. The van der Waals surface area contributed by atoms with Gasteiger partial charge < -0.3 is 10.5 Å². The predicted octanol–water partition coefficient (Wildman–Crippen LogP) is 3.53. The molecule has 0 saturated heterocycles. The van der Waals surface area contributed by atoms with Crippen molar-refractivity contribution in [3.05, 3.63) is 52.0 Å². The molecule has 18 heavy (non-hydrogen) atoms. The summed E-state index contributed by atoms with van der Waals surface area (Å²) in [7, 11) is 1.53. The monoisotopic (exact) mass is 265 g/mol. The average molecular weight is 265 g/mol. The summed E-state index contributed by atoms with van der Waals surface area (Å²) in [6, 6.07) is 8.52. The van der Waals surface area contributed by atoms with Gasteiger partial charge in [0.2, 0.25) is 0 Å². The van der Waals surface area contributed by atoms with E-state index in [-0.39, 0.29) is 11.9 Å². The molecule has 0 radical (unpaired) electrons. The van der Waals surface area contributed by atoms with Crippen LogP contribution in [0.5, 0.6) is 5.75 Å². The Kier molecular flexibility index (Phi) is 4.33. The van der Waals surface area contributed by atoms with E-state index in [9.17, 15) is 4.39 Å². The van der Waals surface area contributed by atoms with Crippen LogP contribution in [0.4, 0.5) is 4.39 Å². The minimum absolute atomic E-state index is 0.298. The van der Waals surface area contributed by atoms with Gasteiger partial charge in [0, 0.05) is 16.5 Å². The van der Waals surface area contributed by atoms with E-state index in [1.165, 1.54) is 18.1 Å². The van der Waals surface area contributed by atoms with Crippen LogP contribution in [-0.4, -0.2) is 7.11 Å². The van der Waals surface area contributed by atoms with Gasteiger partial charge in [0.1, 0.15) is 11.6 Å². The highest BCUT2D eigenvalue weighted by Gasteiger charge is 2.16. The third-order valence-electron chi connectivity index (χ3n) is 2.89. The number of rotatable bonds is 5. The van der Waals surface area contributed by atoms with E-state index in [0.29, 0.717) is 17.7 Å². The van der Waals surface area contributed by atoms with Crippen molar-refractivity contribution in [2.45, 2.75) is 18.9 Å². The summed E-state index contributed by atoms with van der Waals surface area (Å²) < 4.78 is 19.0. The van der Waals surface area contributed by atoms with Gasteiger partial charge >= 0.3 is 0 Å². The molecule has 96 valence electrons. The Balaban J connectivity index is 2.10. The number of halogens is 1. The van der Waals surface area contributed by atoms with Crippen molar-refractivity contribution in [1.29, 1.82) is 0 Å². The lowest BCUT2D eigenvalue weighted by atomic mass is 10.0. The van der Waals surface area contributed by atoms with Crippen LogP contribution in [0.25, 0.3) is 0 Å². The van der Waals surface area contributed by atoms with Crippen molar-refractivity contribution in [2.24, 2.45) is 5.73 Å². The number of methoxy groups -OCH3 is 1. The molecule has 1 heterocycles. The van der Waals surface area contributed by atoms with E-state index in [1.807, 2.05) is 11.4 Å². The van der Waals surface area contributed by atoms with E-state index in [1.54, 1.807) is 23.5 Å². The fourth-order valence-corrected chi connectivity index (χ4v) is 2.68. The maximum atomic E-state index is 13.8. The zero-order valence-electron chi connectivity index (χ0n) is 10.2. The number of hydrogen-bond donors (Lipinski definition) is 1. The van der Waals surface area contributed by atoms with Gasteiger partial charge in [0.05, 0.1) is 7.11 Å². The van der Waals surface area contributed by atoms with Crippen molar-refractivity contribution in [2.75, 3.05) is 7.11 Å². The lowest BCUT2D eigenvalue weighted by Crippen LogP contribution is -2.14. The number of ether oxygens (including phenoxy) is 1. The summed E-state index contributed by atoms with van der Waals surface area (Å²) in [5.41, 5.74) is 6.54. The summed E-state index contributed by atoms with van der Waals surface area (Å²) in [5.74, 6) is 0.224. The fraction of sp³-hybridized carbons (Fsp3) is 0.286. The van der Waals surface area contributed by atoms with Gasteiger partial charge in [0.15, 0.2) is 0 Å². The Morgan fingerprint density at radius 3 is 2.83 bits per heavy atom. The molecule has 0 aliphatic rings. The molecule has 1 atom stereocenters. The maximum absolute atomic E-state index is 13.8. The first-order valence-electron chi connectivity index (χ1n) is 5.82. The molecule has 0 bridgehead atoms. The van der Waals surface area contributed by atoms with E-state index in [4.69, 9.17) is 10.5 Å². The van der Waals surface area contributed by atoms with Crippen LogP contribution in [0.1, 0.15) is 22.9 Å². The van der Waals surface area contributed by atoms with Gasteiger partial charge in [-0.05, 0) is 36.4 Å². The maximum Gasteiger partial charge on any atom is 0.131 e. The largest absolute Gasteiger partial charge is 0.496 e. The molecule has 0 saturated carbocycles. The van der Waals surface area contributed by atoms with Crippen LogP contribution < -0.4 is 10.5 Å². The second kappa shape index (κ2) is 5.98. The molecule has 0 spiro atoms. The van der Waals surface area contributed by atoms with Gasteiger partial charge in [-0.25, -0.2) is 4.39 Å². The molecule has 1 unspecified atom stereocenters. The summed E-state index contributed by atoms with van der Waals surface area (Å²) in [4.78, 5) is 1.26. The molecule has 0 amide bonds. The molecule has 1 aromatic heterocycles. The zero-order chi connectivity index (χ0) is 13.0. The number of thiophene rings is 1. The number of benzene rings is 1. The van der Waals surface area contributed by atoms with Gasteiger partial charge in [-0.1, -0.05) is 12.1 Å². The summed E-state index contributed by atoms with van der Waals surface area (Å²) in [5, 5.41) is 2.03.